The van der Waals surface area contributed by atoms with E-state index in [1.165, 1.54) is 38.5 Å². The molecule has 4 aromatic rings. The minimum absolute atomic E-state index is 0.999. The van der Waals surface area contributed by atoms with Crippen LogP contribution in [0.15, 0.2) is 48.5 Å². The fourth-order valence-electron chi connectivity index (χ4n) is 3.74. The van der Waals surface area contributed by atoms with Crippen molar-refractivity contribution in [2.45, 2.75) is 13.8 Å². The molecule has 0 atom stereocenters. The molecule has 2 aromatic heterocycles. The number of nitrogens with one attached hydrogen (secondary N) is 1. The maximum atomic E-state index is 3.67. The number of aromatic nitrogens is 2. The van der Waals surface area contributed by atoms with E-state index in [1.54, 1.807) is 0 Å². The van der Waals surface area contributed by atoms with Crippen LogP contribution in [0.25, 0.3) is 32.8 Å². The maximum absolute atomic E-state index is 3.67. The quantitative estimate of drug-likeness (QED) is 0.565. The molecule has 0 aliphatic carbocycles. The van der Waals surface area contributed by atoms with Gasteiger partial charge >= 0.3 is 0 Å². The van der Waals surface area contributed by atoms with Gasteiger partial charge in [-0.1, -0.05) is 24.3 Å². The third-order valence-corrected chi connectivity index (χ3v) is 4.85. The Kier molecular flexibility index (Phi) is 3.22. The SMILES string of the molecule is CCN(CC)c1c2ccccc2[n+](C)c2c1[nH]c1ccccc12. The summed E-state index contributed by atoms with van der Waals surface area (Å²) in [5, 5.41) is 2.59. The molecule has 0 amide bonds. The zero-order chi connectivity index (χ0) is 16.0. The standard InChI is InChI=1S/C20H21N3/c1-4-23(5-2)20-15-11-7-9-13-17(15)22(3)19-14-10-6-8-12-16(14)21-18(19)20/h6-13H,4-5H2,1-3H3/p+1. The molecule has 0 bridgehead atoms. The molecule has 0 aliphatic rings. The molecule has 0 unspecified atom stereocenters. The van der Waals surface area contributed by atoms with Crippen molar-refractivity contribution in [2.75, 3.05) is 18.0 Å². The van der Waals surface area contributed by atoms with Gasteiger partial charge in [-0.3, -0.25) is 0 Å². The highest BCUT2D eigenvalue weighted by Gasteiger charge is 2.24. The number of benzene rings is 2. The van der Waals surface area contributed by atoms with E-state index in [1.807, 2.05) is 0 Å². The van der Waals surface area contributed by atoms with E-state index in [0.717, 1.165) is 13.1 Å². The van der Waals surface area contributed by atoms with E-state index in [-0.39, 0.29) is 0 Å². The smallest absolute Gasteiger partial charge is 0.240 e. The van der Waals surface area contributed by atoms with Gasteiger partial charge in [0.05, 0.1) is 22.0 Å². The number of hydrogen-bond acceptors (Lipinski definition) is 1. The lowest BCUT2D eigenvalue weighted by molar-refractivity contribution is -0.616. The summed E-state index contributed by atoms with van der Waals surface area (Å²) in [6, 6.07) is 17.3. The van der Waals surface area contributed by atoms with Gasteiger partial charge in [0.25, 0.3) is 0 Å². The molecule has 0 radical (unpaired) electrons. The second-order valence-electron chi connectivity index (χ2n) is 5.99. The molecule has 3 nitrogen and oxygen atoms in total. The van der Waals surface area contributed by atoms with Crippen LogP contribution in [0.4, 0.5) is 5.69 Å². The highest BCUT2D eigenvalue weighted by atomic mass is 15.1. The molecule has 0 saturated heterocycles. The van der Waals surface area contributed by atoms with Crippen LogP contribution < -0.4 is 9.47 Å². The molecular formula is C20H22N3+. The zero-order valence-electron chi connectivity index (χ0n) is 13.9. The number of pyridine rings is 1. The summed E-state index contributed by atoms with van der Waals surface area (Å²) in [4.78, 5) is 6.11. The second-order valence-corrected chi connectivity index (χ2v) is 5.99. The van der Waals surface area contributed by atoms with Crippen LogP contribution in [0.1, 0.15) is 13.8 Å². The minimum Gasteiger partial charge on any atom is -0.370 e. The number of aryl methyl sites for hydroxylation is 1. The third-order valence-electron chi connectivity index (χ3n) is 4.85. The van der Waals surface area contributed by atoms with Crippen LogP contribution in [0.5, 0.6) is 0 Å². The number of H-pyrrole nitrogens is 1. The first-order chi connectivity index (χ1) is 11.3. The Morgan fingerprint density at radius 1 is 0.913 bits per heavy atom. The van der Waals surface area contributed by atoms with Crippen LogP contribution >= 0.6 is 0 Å². The fourth-order valence-corrected chi connectivity index (χ4v) is 3.74. The Labute approximate surface area is 136 Å². The van der Waals surface area contributed by atoms with Gasteiger partial charge in [0.15, 0.2) is 0 Å². The predicted molar refractivity (Wildman–Crippen MR) is 98.0 cm³/mol. The van der Waals surface area contributed by atoms with Gasteiger partial charge in [0.1, 0.15) is 12.6 Å². The van der Waals surface area contributed by atoms with Gasteiger partial charge < -0.3 is 9.88 Å². The first kappa shape index (κ1) is 14.1. The molecular weight excluding hydrogens is 282 g/mol. The van der Waals surface area contributed by atoms with Crippen molar-refractivity contribution in [1.82, 2.24) is 4.98 Å². The summed E-state index contributed by atoms with van der Waals surface area (Å²) in [5.41, 5.74) is 6.29. The van der Waals surface area contributed by atoms with Crippen molar-refractivity contribution in [3.63, 3.8) is 0 Å². The van der Waals surface area contributed by atoms with Crippen LogP contribution in [0.2, 0.25) is 0 Å². The molecule has 116 valence electrons. The number of anilines is 1. The maximum Gasteiger partial charge on any atom is 0.240 e. The minimum atomic E-state index is 0.999. The van der Waals surface area contributed by atoms with E-state index >= 15 is 0 Å². The summed E-state index contributed by atoms with van der Waals surface area (Å²) in [6.07, 6.45) is 0. The first-order valence-corrected chi connectivity index (χ1v) is 8.32. The largest absolute Gasteiger partial charge is 0.370 e. The molecule has 0 fully saturated rings. The van der Waals surface area contributed by atoms with E-state index in [9.17, 15) is 0 Å². The highest BCUT2D eigenvalue weighted by molar-refractivity contribution is 6.13. The fraction of sp³-hybridized carbons (Fsp3) is 0.250. The van der Waals surface area contributed by atoms with Crippen molar-refractivity contribution in [2.24, 2.45) is 7.05 Å². The zero-order valence-corrected chi connectivity index (χ0v) is 13.9. The van der Waals surface area contributed by atoms with Crippen LogP contribution in [-0.4, -0.2) is 18.1 Å². The summed E-state index contributed by atoms with van der Waals surface area (Å²) in [6.45, 7) is 6.44. The third kappa shape index (κ3) is 1.93. The Hall–Kier alpha value is -2.55. The number of aromatic amines is 1. The second kappa shape index (κ2) is 5.27. The molecule has 0 aliphatic heterocycles. The van der Waals surface area contributed by atoms with Crippen molar-refractivity contribution >= 4 is 38.5 Å². The van der Waals surface area contributed by atoms with Gasteiger partial charge in [-0.05, 0) is 32.0 Å². The van der Waals surface area contributed by atoms with E-state index in [4.69, 9.17) is 0 Å². The molecule has 0 spiro atoms. The Morgan fingerprint density at radius 3 is 2.30 bits per heavy atom. The van der Waals surface area contributed by atoms with E-state index in [0.29, 0.717) is 0 Å². The number of nitrogens with zero attached hydrogens (tertiary/aromatic N) is 2. The highest BCUT2D eigenvalue weighted by Crippen LogP contribution is 2.35. The Morgan fingerprint density at radius 2 is 1.57 bits per heavy atom. The summed E-state index contributed by atoms with van der Waals surface area (Å²) < 4.78 is 2.32. The number of para-hydroxylation sites is 2. The molecule has 3 heteroatoms. The average Bonchev–Trinajstić information content (AvgIpc) is 2.98. The topological polar surface area (TPSA) is 22.9 Å². The molecule has 4 rings (SSSR count). The summed E-state index contributed by atoms with van der Waals surface area (Å²) in [7, 11) is 2.16. The van der Waals surface area contributed by atoms with Gasteiger partial charge in [-0.25, -0.2) is 0 Å². The van der Waals surface area contributed by atoms with Crippen molar-refractivity contribution in [3.8, 4) is 0 Å². The lowest BCUT2D eigenvalue weighted by Crippen LogP contribution is -2.32. The molecule has 1 N–H and O–H groups in total. The van der Waals surface area contributed by atoms with Crippen molar-refractivity contribution < 1.29 is 4.57 Å². The van der Waals surface area contributed by atoms with Crippen LogP contribution in [0.3, 0.4) is 0 Å². The van der Waals surface area contributed by atoms with Crippen LogP contribution in [0, 0.1) is 0 Å². The monoisotopic (exact) mass is 304 g/mol. The Bertz CT molecular complexity index is 1010. The van der Waals surface area contributed by atoms with Crippen LogP contribution in [-0.2, 0) is 7.05 Å². The molecule has 2 heterocycles. The van der Waals surface area contributed by atoms with Crippen molar-refractivity contribution in [3.05, 3.63) is 48.5 Å². The van der Waals surface area contributed by atoms with Gasteiger partial charge in [-0.15, -0.1) is 0 Å². The summed E-state index contributed by atoms with van der Waals surface area (Å²) in [5.74, 6) is 0. The molecule has 2 aromatic carbocycles. The number of fused-ring (bicyclic) bond motifs is 4. The van der Waals surface area contributed by atoms with Gasteiger partial charge in [0, 0.05) is 19.2 Å². The van der Waals surface area contributed by atoms with Crippen molar-refractivity contribution in [1.29, 1.82) is 0 Å². The Balaban J connectivity index is 2.29. The van der Waals surface area contributed by atoms with Gasteiger partial charge in [-0.2, -0.15) is 4.57 Å². The lowest BCUT2D eigenvalue weighted by atomic mass is 10.1. The first-order valence-electron chi connectivity index (χ1n) is 8.32. The average molecular weight is 304 g/mol. The lowest BCUT2D eigenvalue weighted by Gasteiger charge is -2.22. The number of hydrogen-bond donors (Lipinski definition) is 1. The van der Waals surface area contributed by atoms with E-state index < -0.39 is 0 Å². The van der Waals surface area contributed by atoms with Gasteiger partial charge in [0.2, 0.25) is 11.0 Å². The predicted octanol–water partition coefficient (Wildman–Crippen LogP) is 4.15. The molecule has 0 saturated carbocycles. The summed E-state index contributed by atoms with van der Waals surface area (Å²) >= 11 is 0. The number of rotatable bonds is 3. The molecule has 23 heavy (non-hydrogen) atoms. The normalized spacial score (nSPS) is 11.6. The van der Waals surface area contributed by atoms with E-state index in [2.05, 4.69) is 83.9 Å².